The van der Waals surface area contributed by atoms with E-state index in [1.807, 2.05) is 20.8 Å². The number of carbonyl (C=O) groups excluding carboxylic acids is 1. The number of amides is 1. The van der Waals surface area contributed by atoms with Crippen LogP contribution in [0.1, 0.15) is 27.2 Å². The zero-order valence-electron chi connectivity index (χ0n) is 13.2. The highest BCUT2D eigenvalue weighted by Crippen LogP contribution is 1.95. The Morgan fingerprint density at radius 2 is 1.95 bits per heavy atom. The van der Waals surface area contributed by atoms with Gasteiger partial charge >= 0.3 is 0 Å². The zero-order chi connectivity index (χ0) is 15.4. The predicted octanol–water partition coefficient (Wildman–Crippen LogP) is 0.247. The Balaban J connectivity index is 3.61. The molecule has 2 unspecified atom stereocenters. The van der Waals surface area contributed by atoms with Crippen molar-refractivity contribution in [1.29, 1.82) is 0 Å². The van der Waals surface area contributed by atoms with Crippen LogP contribution >= 0.6 is 0 Å². The first-order valence-corrected chi connectivity index (χ1v) is 7.32. The SMILES string of the molecule is CCN(CC)C(=O)CCNCC(O)COC(C)COC. The lowest BCUT2D eigenvalue weighted by Crippen LogP contribution is -2.36. The average molecular weight is 290 g/mol. The number of ether oxygens (including phenoxy) is 2. The normalized spacial score (nSPS) is 14.1. The first-order valence-electron chi connectivity index (χ1n) is 7.32. The molecular weight excluding hydrogens is 260 g/mol. The van der Waals surface area contributed by atoms with Crippen molar-refractivity contribution in [1.82, 2.24) is 10.2 Å². The molecule has 0 aromatic carbocycles. The molecule has 2 atom stereocenters. The van der Waals surface area contributed by atoms with Gasteiger partial charge in [0.05, 0.1) is 25.4 Å². The number of methoxy groups -OCH3 is 1. The molecule has 0 heterocycles. The highest BCUT2D eigenvalue weighted by molar-refractivity contribution is 5.76. The topological polar surface area (TPSA) is 71.0 Å². The number of nitrogens with zero attached hydrogens (tertiary/aromatic N) is 1. The van der Waals surface area contributed by atoms with E-state index in [4.69, 9.17) is 9.47 Å². The molecule has 0 aliphatic heterocycles. The van der Waals surface area contributed by atoms with Crippen molar-refractivity contribution in [3.8, 4) is 0 Å². The molecule has 0 aromatic heterocycles. The highest BCUT2D eigenvalue weighted by atomic mass is 16.5. The zero-order valence-corrected chi connectivity index (χ0v) is 13.2. The largest absolute Gasteiger partial charge is 0.389 e. The molecule has 6 nitrogen and oxygen atoms in total. The molecule has 2 N–H and O–H groups in total. The lowest BCUT2D eigenvalue weighted by molar-refractivity contribution is -0.130. The van der Waals surface area contributed by atoms with Crippen LogP contribution in [0.3, 0.4) is 0 Å². The maximum absolute atomic E-state index is 11.7. The quantitative estimate of drug-likeness (QED) is 0.504. The van der Waals surface area contributed by atoms with Crippen LogP contribution in [0, 0.1) is 0 Å². The van der Waals surface area contributed by atoms with Crippen molar-refractivity contribution < 1.29 is 19.4 Å². The Bertz CT molecular complexity index is 247. The molecule has 0 aliphatic carbocycles. The fourth-order valence-corrected chi connectivity index (χ4v) is 1.82. The van der Waals surface area contributed by atoms with Gasteiger partial charge in [0.25, 0.3) is 0 Å². The van der Waals surface area contributed by atoms with E-state index < -0.39 is 6.10 Å². The summed E-state index contributed by atoms with van der Waals surface area (Å²) in [6.07, 6.45) is -0.147. The summed E-state index contributed by atoms with van der Waals surface area (Å²) in [5.74, 6) is 0.141. The summed E-state index contributed by atoms with van der Waals surface area (Å²) in [6, 6.07) is 0. The molecule has 20 heavy (non-hydrogen) atoms. The molecule has 0 radical (unpaired) electrons. The summed E-state index contributed by atoms with van der Waals surface area (Å²) in [7, 11) is 1.62. The second kappa shape index (κ2) is 12.1. The van der Waals surface area contributed by atoms with Gasteiger partial charge in [-0.25, -0.2) is 0 Å². The van der Waals surface area contributed by atoms with Crippen molar-refractivity contribution in [2.75, 3.05) is 46.5 Å². The molecule has 120 valence electrons. The van der Waals surface area contributed by atoms with E-state index in [0.29, 0.717) is 26.1 Å². The fraction of sp³-hybridized carbons (Fsp3) is 0.929. The van der Waals surface area contributed by atoms with Gasteiger partial charge in [0.15, 0.2) is 0 Å². The smallest absolute Gasteiger partial charge is 0.223 e. The summed E-state index contributed by atoms with van der Waals surface area (Å²) in [6.45, 7) is 9.08. The van der Waals surface area contributed by atoms with Crippen LogP contribution in [-0.4, -0.2) is 74.6 Å². The minimum Gasteiger partial charge on any atom is -0.389 e. The van der Waals surface area contributed by atoms with Gasteiger partial charge in [0.1, 0.15) is 0 Å². The monoisotopic (exact) mass is 290 g/mol. The Kier molecular flexibility index (Phi) is 11.7. The summed E-state index contributed by atoms with van der Waals surface area (Å²) in [4.78, 5) is 13.5. The third-order valence-corrected chi connectivity index (χ3v) is 2.99. The van der Waals surface area contributed by atoms with Crippen LogP contribution in [0.5, 0.6) is 0 Å². The van der Waals surface area contributed by atoms with Crippen molar-refractivity contribution in [2.45, 2.75) is 39.4 Å². The third-order valence-electron chi connectivity index (χ3n) is 2.99. The first kappa shape index (κ1) is 19.3. The summed E-state index contributed by atoms with van der Waals surface area (Å²) >= 11 is 0. The van der Waals surface area contributed by atoms with Crippen molar-refractivity contribution in [2.24, 2.45) is 0 Å². The molecule has 1 amide bonds. The minimum absolute atomic E-state index is 0.0288. The van der Waals surface area contributed by atoms with E-state index >= 15 is 0 Å². The van der Waals surface area contributed by atoms with Gasteiger partial charge in [-0.1, -0.05) is 0 Å². The molecule has 0 aromatic rings. The molecule has 0 spiro atoms. The van der Waals surface area contributed by atoms with E-state index in [1.54, 1.807) is 12.0 Å². The van der Waals surface area contributed by atoms with Gasteiger partial charge in [-0.05, 0) is 20.8 Å². The van der Waals surface area contributed by atoms with Crippen LogP contribution in [0.25, 0.3) is 0 Å². The summed E-state index contributed by atoms with van der Waals surface area (Å²) in [5, 5.41) is 12.8. The second-order valence-corrected chi connectivity index (χ2v) is 4.77. The van der Waals surface area contributed by atoms with Crippen LogP contribution < -0.4 is 5.32 Å². The number of hydrogen-bond acceptors (Lipinski definition) is 5. The van der Waals surface area contributed by atoms with E-state index in [9.17, 15) is 9.90 Å². The second-order valence-electron chi connectivity index (χ2n) is 4.77. The van der Waals surface area contributed by atoms with Crippen LogP contribution in [0.15, 0.2) is 0 Å². The van der Waals surface area contributed by atoms with Crippen molar-refractivity contribution in [3.05, 3.63) is 0 Å². The fourth-order valence-electron chi connectivity index (χ4n) is 1.82. The number of aliphatic hydroxyl groups excluding tert-OH is 1. The maximum atomic E-state index is 11.7. The number of nitrogens with one attached hydrogen (secondary N) is 1. The lowest BCUT2D eigenvalue weighted by Gasteiger charge is -2.19. The average Bonchev–Trinajstić information content (AvgIpc) is 2.43. The van der Waals surface area contributed by atoms with Gasteiger partial charge in [0.2, 0.25) is 5.91 Å². The van der Waals surface area contributed by atoms with Gasteiger partial charge < -0.3 is 24.8 Å². The predicted molar refractivity (Wildman–Crippen MR) is 78.7 cm³/mol. The summed E-state index contributed by atoms with van der Waals surface area (Å²) in [5.41, 5.74) is 0. The maximum Gasteiger partial charge on any atom is 0.223 e. The van der Waals surface area contributed by atoms with Gasteiger partial charge in [-0.3, -0.25) is 4.79 Å². The van der Waals surface area contributed by atoms with Crippen LogP contribution in [0.4, 0.5) is 0 Å². The van der Waals surface area contributed by atoms with E-state index in [0.717, 1.165) is 13.1 Å². The van der Waals surface area contributed by atoms with Crippen LogP contribution in [0.2, 0.25) is 0 Å². The molecule has 6 heteroatoms. The van der Waals surface area contributed by atoms with Gasteiger partial charge in [-0.15, -0.1) is 0 Å². The number of aliphatic hydroxyl groups is 1. The molecule has 0 rings (SSSR count). The molecule has 0 bridgehead atoms. The third kappa shape index (κ3) is 9.25. The van der Waals surface area contributed by atoms with Gasteiger partial charge in [0, 0.05) is 39.7 Å². The van der Waals surface area contributed by atoms with E-state index in [-0.39, 0.29) is 18.6 Å². The lowest BCUT2D eigenvalue weighted by atomic mass is 10.3. The Hall–Kier alpha value is -0.690. The molecule has 0 saturated heterocycles. The van der Waals surface area contributed by atoms with Gasteiger partial charge in [-0.2, -0.15) is 0 Å². The Labute approximate surface area is 122 Å². The first-order chi connectivity index (χ1) is 9.54. The van der Waals surface area contributed by atoms with E-state index in [2.05, 4.69) is 5.32 Å². The summed E-state index contributed by atoms with van der Waals surface area (Å²) < 4.78 is 10.3. The highest BCUT2D eigenvalue weighted by Gasteiger charge is 2.10. The Morgan fingerprint density at radius 1 is 1.30 bits per heavy atom. The number of hydrogen-bond donors (Lipinski definition) is 2. The minimum atomic E-state index is -0.571. The van der Waals surface area contributed by atoms with Crippen LogP contribution in [-0.2, 0) is 14.3 Å². The van der Waals surface area contributed by atoms with E-state index in [1.165, 1.54) is 0 Å². The van der Waals surface area contributed by atoms with Crippen molar-refractivity contribution >= 4 is 5.91 Å². The molecular formula is C14H30N2O4. The Morgan fingerprint density at radius 3 is 2.50 bits per heavy atom. The number of rotatable bonds is 12. The molecule has 0 saturated carbocycles. The number of carbonyl (C=O) groups is 1. The standard InChI is InChI=1S/C14H30N2O4/c1-5-16(6-2)14(18)7-8-15-9-13(17)11-20-12(3)10-19-4/h12-13,15,17H,5-11H2,1-4H3. The molecule has 0 aliphatic rings. The van der Waals surface area contributed by atoms with Crippen molar-refractivity contribution in [3.63, 3.8) is 0 Å². The molecule has 0 fully saturated rings.